The van der Waals surface area contributed by atoms with Crippen LogP contribution in [0.3, 0.4) is 0 Å². The SMILES string of the molecule is COc1ccc(C(CS(C)(=O)=O)C(=O)O)cc1. The van der Waals surface area contributed by atoms with Crippen LogP contribution in [0.1, 0.15) is 11.5 Å². The van der Waals surface area contributed by atoms with Crippen molar-refractivity contribution in [2.45, 2.75) is 5.92 Å². The quantitative estimate of drug-likeness (QED) is 0.849. The molecule has 0 spiro atoms. The van der Waals surface area contributed by atoms with Crippen LogP contribution in [0.2, 0.25) is 0 Å². The molecule has 1 aromatic carbocycles. The molecular formula is C11H14O5S. The fourth-order valence-corrected chi connectivity index (χ4v) is 2.39. The van der Waals surface area contributed by atoms with E-state index in [9.17, 15) is 13.2 Å². The molecule has 5 nitrogen and oxygen atoms in total. The van der Waals surface area contributed by atoms with E-state index in [2.05, 4.69) is 0 Å². The summed E-state index contributed by atoms with van der Waals surface area (Å²) < 4.78 is 27.3. The molecule has 17 heavy (non-hydrogen) atoms. The summed E-state index contributed by atoms with van der Waals surface area (Å²) in [4.78, 5) is 11.0. The van der Waals surface area contributed by atoms with Gasteiger partial charge in [-0.15, -0.1) is 0 Å². The molecule has 0 aliphatic heterocycles. The number of aliphatic carboxylic acids is 1. The average Bonchev–Trinajstić information content (AvgIpc) is 2.25. The first-order valence-electron chi connectivity index (χ1n) is 4.88. The summed E-state index contributed by atoms with van der Waals surface area (Å²) in [7, 11) is -1.84. The molecule has 6 heteroatoms. The first kappa shape index (κ1) is 13.5. The Kier molecular flexibility index (Phi) is 4.11. The molecule has 0 heterocycles. The van der Waals surface area contributed by atoms with Gasteiger partial charge in [-0.25, -0.2) is 8.42 Å². The van der Waals surface area contributed by atoms with Gasteiger partial charge in [-0.05, 0) is 17.7 Å². The van der Waals surface area contributed by atoms with E-state index in [1.807, 2.05) is 0 Å². The lowest BCUT2D eigenvalue weighted by atomic mass is 10.0. The molecule has 0 aromatic heterocycles. The van der Waals surface area contributed by atoms with Crippen LogP contribution in [0.5, 0.6) is 5.75 Å². The van der Waals surface area contributed by atoms with Gasteiger partial charge >= 0.3 is 5.97 Å². The van der Waals surface area contributed by atoms with Gasteiger partial charge in [0.15, 0.2) is 0 Å². The zero-order valence-electron chi connectivity index (χ0n) is 9.58. The number of benzene rings is 1. The number of carboxylic acid groups (broad SMARTS) is 1. The third kappa shape index (κ3) is 4.07. The van der Waals surface area contributed by atoms with E-state index in [0.717, 1.165) is 6.26 Å². The highest BCUT2D eigenvalue weighted by Crippen LogP contribution is 2.21. The van der Waals surface area contributed by atoms with Crippen LogP contribution in [0.4, 0.5) is 0 Å². The van der Waals surface area contributed by atoms with Crippen molar-refractivity contribution in [3.63, 3.8) is 0 Å². The Bertz CT molecular complexity index is 489. The summed E-state index contributed by atoms with van der Waals surface area (Å²) in [5.74, 6) is -2.01. The van der Waals surface area contributed by atoms with Gasteiger partial charge < -0.3 is 9.84 Å². The molecular weight excluding hydrogens is 244 g/mol. The Labute approximate surface area is 100.0 Å². The minimum Gasteiger partial charge on any atom is -0.497 e. The Morgan fingerprint density at radius 2 is 1.88 bits per heavy atom. The van der Waals surface area contributed by atoms with Crippen LogP contribution < -0.4 is 4.74 Å². The third-order valence-electron chi connectivity index (χ3n) is 2.29. The van der Waals surface area contributed by atoms with Crippen molar-refractivity contribution < 1.29 is 23.1 Å². The smallest absolute Gasteiger partial charge is 0.312 e. The van der Waals surface area contributed by atoms with Crippen molar-refractivity contribution in [2.24, 2.45) is 0 Å². The van der Waals surface area contributed by atoms with Gasteiger partial charge in [0.25, 0.3) is 0 Å². The van der Waals surface area contributed by atoms with Crippen molar-refractivity contribution in [2.75, 3.05) is 19.1 Å². The topological polar surface area (TPSA) is 80.7 Å². The van der Waals surface area contributed by atoms with E-state index >= 15 is 0 Å². The number of ether oxygens (including phenoxy) is 1. The van der Waals surface area contributed by atoms with Crippen LogP contribution in [0, 0.1) is 0 Å². The Morgan fingerprint density at radius 1 is 1.35 bits per heavy atom. The molecule has 0 radical (unpaired) electrons. The largest absolute Gasteiger partial charge is 0.497 e. The predicted octanol–water partition coefficient (Wildman–Crippen LogP) is 0.908. The van der Waals surface area contributed by atoms with Crippen LogP contribution >= 0.6 is 0 Å². The summed E-state index contributed by atoms with van der Waals surface area (Å²) in [6, 6.07) is 6.33. The maximum Gasteiger partial charge on any atom is 0.312 e. The van der Waals surface area contributed by atoms with Gasteiger partial charge in [0, 0.05) is 6.26 Å². The minimum atomic E-state index is -3.34. The highest BCUT2D eigenvalue weighted by molar-refractivity contribution is 7.90. The summed E-state index contributed by atoms with van der Waals surface area (Å²) in [5.41, 5.74) is 0.448. The van der Waals surface area contributed by atoms with Gasteiger partial charge in [-0.3, -0.25) is 4.79 Å². The predicted molar refractivity (Wildman–Crippen MR) is 63.1 cm³/mol. The number of rotatable bonds is 5. The Balaban J connectivity index is 3.02. The summed E-state index contributed by atoms with van der Waals surface area (Å²) in [6.45, 7) is 0. The first-order chi connectivity index (χ1) is 7.83. The first-order valence-corrected chi connectivity index (χ1v) is 6.94. The molecule has 1 atom stereocenters. The zero-order chi connectivity index (χ0) is 13.1. The summed E-state index contributed by atoms with van der Waals surface area (Å²) in [6.07, 6.45) is 1.02. The van der Waals surface area contributed by atoms with Crippen molar-refractivity contribution in [1.29, 1.82) is 0 Å². The minimum absolute atomic E-state index is 0.408. The second-order valence-corrected chi connectivity index (χ2v) is 5.94. The molecule has 0 saturated carbocycles. The average molecular weight is 258 g/mol. The van der Waals surface area contributed by atoms with Gasteiger partial charge in [-0.1, -0.05) is 12.1 Å². The number of methoxy groups -OCH3 is 1. The fraction of sp³-hybridized carbons (Fsp3) is 0.364. The Morgan fingerprint density at radius 3 is 2.24 bits per heavy atom. The van der Waals surface area contributed by atoms with Crippen LogP contribution in [-0.4, -0.2) is 38.6 Å². The molecule has 0 amide bonds. The third-order valence-corrected chi connectivity index (χ3v) is 3.22. The number of hydrogen-bond donors (Lipinski definition) is 1. The zero-order valence-corrected chi connectivity index (χ0v) is 10.4. The Hall–Kier alpha value is -1.56. The summed E-state index contributed by atoms with van der Waals surface area (Å²) in [5, 5.41) is 9.02. The van der Waals surface area contributed by atoms with E-state index in [-0.39, 0.29) is 0 Å². The highest BCUT2D eigenvalue weighted by Gasteiger charge is 2.24. The monoisotopic (exact) mass is 258 g/mol. The normalized spacial score (nSPS) is 13.1. The second kappa shape index (κ2) is 5.18. The van der Waals surface area contributed by atoms with Gasteiger partial charge in [0.1, 0.15) is 15.6 Å². The van der Waals surface area contributed by atoms with Gasteiger partial charge in [-0.2, -0.15) is 0 Å². The molecule has 0 aliphatic rings. The van der Waals surface area contributed by atoms with Crippen molar-refractivity contribution >= 4 is 15.8 Å². The number of hydrogen-bond acceptors (Lipinski definition) is 4. The van der Waals surface area contributed by atoms with Gasteiger partial charge in [0.2, 0.25) is 0 Å². The van der Waals surface area contributed by atoms with Gasteiger partial charge in [0.05, 0.1) is 18.8 Å². The number of carboxylic acids is 1. The molecule has 0 saturated heterocycles. The molecule has 0 fully saturated rings. The van der Waals surface area contributed by atoms with Crippen LogP contribution in [-0.2, 0) is 14.6 Å². The molecule has 1 rings (SSSR count). The lowest BCUT2D eigenvalue weighted by molar-refractivity contribution is -0.138. The summed E-state index contributed by atoms with van der Waals surface area (Å²) >= 11 is 0. The van der Waals surface area contributed by atoms with E-state index in [1.54, 1.807) is 24.3 Å². The molecule has 0 aliphatic carbocycles. The second-order valence-electron chi connectivity index (χ2n) is 3.76. The maximum atomic E-state index is 11.2. The van der Waals surface area contributed by atoms with E-state index in [0.29, 0.717) is 11.3 Å². The molecule has 1 unspecified atom stereocenters. The number of carbonyl (C=O) groups is 1. The van der Waals surface area contributed by atoms with Crippen molar-refractivity contribution in [3.05, 3.63) is 29.8 Å². The van der Waals surface area contributed by atoms with Crippen LogP contribution in [0.15, 0.2) is 24.3 Å². The molecule has 1 aromatic rings. The molecule has 94 valence electrons. The molecule has 0 bridgehead atoms. The highest BCUT2D eigenvalue weighted by atomic mass is 32.2. The maximum absolute atomic E-state index is 11.2. The van der Waals surface area contributed by atoms with E-state index < -0.39 is 27.5 Å². The standard InChI is InChI=1S/C11H14O5S/c1-16-9-5-3-8(4-6-9)10(11(12)13)7-17(2,14)15/h3-6,10H,7H2,1-2H3,(H,12,13). The van der Waals surface area contributed by atoms with Crippen LogP contribution in [0.25, 0.3) is 0 Å². The van der Waals surface area contributed by atoms with Crippen molar-refractivity contribution in [3.8, 4) is 5.75 Å². The molecule has 1 N–H and O–H groups in total. The lowest BCUT2D eigenvalue weighted by Crippen LogP contribution is -2.21. The van der Waals surface area contributed by atoms with Crippen molar-refractivity contribution in [1.82, 2.24) is 0 Å². The van der Waals surface area contributed by atoms with E-state index in [1.165, 1.54) is 7.11 Å². The lowest BCUT2D eigenvalue weighted by Gasteiger charge is -2.11. The number of sulfone groups is 1. The van der Waals surface area contributed by atoms with E-state index in [4.69, 9.17) is 9.84 Å². The fourth-order valence-electron chi connectivity index (χ4n) is 1.45.